The van der Waals surface area contributed by atoms with Crippen molar-refractivity contribution in [2.24, 2.45) is 0 Å². The number of nitrogens with one attached hydrogen (secondary N) is 1. The predicted molar refractivity (Wildman–Crippen MR) is 128 cm³/mol. The maximum Gasteiger partial charge on any atom is 0.281 e. The molecule has 0 saturated carbocycles. The molecule has 1 amide bonds. The SMILES string of the molecule is O=C(NCC(c1scnc1C(F)F)N1CCC(Oc2ncccc2Cl)CC1)c1c(F)cccc1Cl. The average molecular weight is 545 g/mol. The van der Waals surface area contributed by atoms with Crippen LogP contribution in [0.1, 0.15) is 46.2 Å². The second-order valence-corrected chi connectivity index (χ2v) is 9.57. The number of halogens is 5. The van der Waals surface area contributed by atoms with Gasteiger partial charge in [0.25, 0.3) is 12.3 Å². The molecule has 1 N–H and O–H groups in total. The van der Waals surface area contributed by atoms with Crippen LogP contribution >= 0.6 is 34.5 Å². The highest BCUT2D eigenvalue weighted by Crippen LogP contribution is 2.35. The van der Waals surface area contributed by atoms with Crippen molar-refractivity contribution < 1.29 is 22.7 Å². The van der Waals surface area contributed by atoms with Crippen molar-refractivity contribution in [2.45, 2.75) is 31.4 Å². The van der Waals surface area contributed by atoms with Crippen LogP contribution in [0.5, 0.6) is 5.88 Å². The first-order valence-electron chi connectivity index (χ1n) is 10.8. The molecule has 1 fully saturated rings. The summed E-state index contributed by atoms with van der Waals surface area (Å²) in [4.78, 5) is 23.0. The molecule has 12 heteroatoms. The molecule has 0 bridgehead atoms. The summed E-state index contributed by atoms with van der Waals surface area (Å²) < 4.78 is 47.4. The van der Waals surface area contributed by atoms with E-state index in [4.69, 9.17) is 27.9 Å². The molecule has 6 nitrogen and oxygen atoms in total. The molecule has 1 aliphatic rings. The largest absolute Gasteiger partial charge is 0.473 e. The van der Waals surface area contributed by atoms with Gasteiger partial charge in [0.15, 0.2) is 0 Å². The number of nitrogens with zero attached hydrogens (tertiary/aromatic N) is 3. The number of carbonyl (C=O) groups is 1. The molecule has 0 aliphatic carbocycles. The Kier molecular flexibility index (Phi) is 8.48. The third-order valence-corrected chi connectivity index (χ3v) is 7.25. The van der Waals surface area contributed by atoms with E-state index in [1.165, 1.54) is 17.6 Å². The Balaban J connectivity index is 1.48. The Morgan fingerprint density at radius 1 is 1.17 bits per heavy atom. The van der Waals surface area contributed by atoms with Gasteiger partial charge in [-0.05, 0) is 37.1 Å². The molecule has 1 aliphatic heterocycles. The number of rotatable bonds is 8. The van der Waals surface area contributed by atoms with Gasteiger partial charge in [-0.3, -0.25) is 9.69 Å². The van der Waals surface area contributed by atoms with E-state index < -0.39 is 24.2 Å². The standard InChI is InChI=1S/C23H21Cl2F3N4O2S/c24-14-3-1-5-16(26)18(14)22(33)30-11-17(20-19(21(27)28)31-12-35-20)32-9-6-13(7-10-32)34-23-15(25)4-2-8-29-23/h1-5,8,12-13,17,21H,6-7,9-11H2,(H,30,33). The van der Waals surface area contributed by atoms with Crippen molar-refractivity contribution >= 4 is 40.4 Å². The van der Waals surface area contributed by atoms with Crippen molar-refractivity contribution in [3.63, 3.8) is 0 Å². The van der Waals surface area contributed by atoms with Crippen LogP contribution < -0.4 is 10.1 Å². The van der Waals surface area contributed by atoms with Crippen LogP contribution in [-0.4, -0.2) is 46.5 Å². The van der Waals surface area contributed by atoms with Crippen LogP contribution in [0, 0.1) is 5.82 Å². The highest BCUT2D eigenvalue weighted by molar-refractivity contribution is 7.09. The first-order valence-corrected chi connectivity index (χ1v) is 12.4. The van der Waals surface area contributed by atoms with Gasteiger partial charge in [0.1, 0.15) is 22.6 Å². The quantitative estimate of drug-likeness (QED) is 0.380. The lowest BCUT2D eigenvalue weighted by Gasteiger charge is -2.37. The molecule has 1 unspecified atom stereocenters. The second-order valence-electron chi connectivity index (χ2n) is 7.87. The average Bonchev–Trinajstić information content (AvgIpc) is 3.32. The van der Waals surface area contributed by atoms with Crippen LogP contribution in [0.15, 0.2) is 42.0 Å². The van der Waals surface area contributed by atoms with Gasteiger partial charge in [0.05, 0.1) is 27.0 Å². The lowest BCUT2D eigenvalue weighted by Crippen LogP contribution is -2.44. The molecule has 2 aromatic heterocycles. The fourth-order valence-electron chi connectivity index (χ4n) is 3.98. The van der Waals surface area contributed by atoms with Gasteiger partial charge < -0.3 is 10.1 Å². The first-order chi connectivity index (χ1) is 16.8. The van der Waals surface area contributed by atoms with Crippen molar-refractivity contribution in [2.75, 3.05) is 19.6 Å². The van der Waals surface area contributed by atoms with Gasteiger partial charge in [-0.2, -0.15) is 0 Å². The topological polar surface area (TPSA) is 67.4 Å². The van der Waals surface area contributed by atoms with E-state index in [0.717, 1.165) is 17.4 Å². The molecule has 0 spiro atoms. The maximum absolute atomic E-state index is 14.2. The summed E-state index contributed by atoms with van der Waals surface area (Å²) in [5.74, 6) is -1.13. The minimum Gasteiger partial charge on any atom is -0.473 e. The number of alkyl halides is 2. The van der Waals surface area contributed by atoms with E-state index in [9.17, 15) is 18.0 Å². The summed E-state index contributed by atoms with van der Waals surface area (Å²) in [6, 6.07) is 6.76. The zero-order valence-corrected chi connectivity index (χ0v) is 20.6. The predicted octanol–water partition coefficient (Wildman–Crippen LogP) is 5.94. The summed E-state index contributed by atoms with van der Waals surface area (Å²) >= 11 is 13.2. The van der Waals surface area contributed by atoms with Crippen molar-refractivity contribution in [1.29, 1.82) is 0 Å². The van der Waals surface area contributed by atoms with E-state index in [0.29, 0.717) is 41.7 Å². The van der Waals surface area contributed by atoms with Crippen LogP contribution in [-0.2, 0) is 0 Å². The first kappa shape index (κ1) is 25.7. The van der Waals surface area contributed by atoms with Crippen molar-refractivity contribution in [3.8, 4) is 5.88 Å². The monoisotopic (exact) mass is 544 g/mol. The number of thiazole rings is 1. The Morgan fingerprint density at radius 3 is 2.60 bits per heavy atom. The molecule has 186 valence electrons. The van der Waals surface area contributed by atoms with Crippen molar-refractivity contribution in [1.82, 2.24) is 20.2 Å². The number of aromatic nitrogens is 2. The normalized spacial score (nSPS) is 15.8. The molecule has 1 saturated heterocycles. The van der Waals surface area contributed by atoms with E-state index in [1.54, 1.807) is 18.3 Å². The summed E-state index contributed by atoms with van der Waals surface area (Å²) in [5.41, 5.74) is 0.751. The minimum atomic E-state index is -2.76. The number of benzene rings is 1. The van der Waals surface area contributed by atoms with E-state index >= 15 is 0 Å². The summed E-state index contributed by atoms with van der Waals surface area (Å²) in [7, 11) is 0. The number of carbonyl (C=O) groups excluding carboxylic acids is 1. The Morgan fingerprint density at radius 2 is 1.91 bits per heavy atom. The second kappa shape index (κ2) is 11.6. The number of hydrogen-bond donors (Lipinski definition) is 1. The number of likely N-dealkylation sites (tertiary alicyclic amines) is 1. The smallest absolute Gasteiger partial charge is 0.281 e. The number of piperidine rings is 1. The summed E-state index contributed by atoms with van der Waals surface area (Å²) in [6.07, 6.45) is -0.129. The zero-order valence-electron chi connectivity index (χ0n) is 18.3. The Bertz CT molecular complexity index is 1150. The molecule has 3 heterocycles. The summed E-state index contributed by atoms with van der Waals surface area (Å²) in [5, 5.41) is 3.04. The van der Waals surface area contributed by atoms with Crippen LogP contribution in [0.25, 0.3) is 0 Å². The van der Waals surface area contributed by atoms with Gasteiger partial charge in [-0.15, -0.1) is 11.3 Å². The zero-order chi connectivity index (χ0) is 24.9. The van der Waals surface area contributed by atoms with Gasteiger partial charge in [-0.1, -0.05) is 29.3 Å². The van der Waals surface area contributed by atoms with E-state index in [2.05, 4.69) is 15.3 Å². The fourth-order valence-corrected chi connectivity index (χ4v) is 5.33. The third kappa shape index (κ3) is 6.06. The fraction of sp³-hybridized carbons (Fsp3) is 0.348. The molecule has 0 radical (unpaired) electrons. The Hall–Kier alpha value is -2.40. The lowest BCUT2D eigenvalue weighted by atomic mass is 10.0. The number of pyridine rings is 1. The highest BCUT2D eigenvalue weighted by atomic mass is 35.5. The van der Waals surface area contributed by atoms with Crippen LogP contribution in [0.2, 0.25) is 10.0 Å². The molecule has 35 heavy (non-hydrogen) atoms. The molecular formula is C23H21Cl2F3N4O2S. The van der Waals surface area contributed by atoms with Gasteiger partial charge in [0.2, 0.25) is 5.88 Å². The van der Waals surface area contributed by atoms with Gasteiger partial charge >= 0.3 is 0 Å². The van der Waals surface area contributed by atoms with Crippen LogP contribution in [0.4, 0.5) is 13.2 Å². The lowest BCUT2D eigenvalue weighted by molar-refractivity contribution is 0.0682. The maximum atomic E-state index is 14.2. The minimum absolute atomic E-state index is 0.0248. The Labute approximate surface area is 214 Å². The highest BCUT2D eigenvalue weighted by Gasteiger charge is 2.32. The van der Waals surface area contributed by atoms with E-state index in [-0.39, 0.29) is 28.9 Å². The summed E-state index contributed by atoms with van der Waals surface area (Å²) in [6.45, 7) is 0.996. The molecule has 4 rings (SSSR count). The number of amides is 1. The van der Waals surface area contributed by atoms with Crippen molar-refractivity contribution in [3.05, 3.63) is 74.0 Å². The molecule has 1 aromatic carbocycles. The number of hydrogen-bond acceptors (Lipinski definition) is 6. The van der Waals surface area contributed by atoms with E-state index in [1.807, 2.05) is 4.90 Å². The number of ether oxygens (including phenoxy) is 1. The van der Waals surface area contributed by atoms with Gasteiger partial charge in [0, 0.05) is 25.8 Å². The van der Waals surface area contributed by atoms with Gasteiger partial charge in [-0.25, -0.2) is 23.1 Å². The molecule has 1 atom stereocenters. The van der Waals surface area contributed by atoms with Crippen LogP contribution in [0.3, 0.4) is 0 Å². The third-order valence-electron chi connectivity index (χ3n) is 5.70. The molecular weight excluding hydrogens is 524 g/mol. The molecule has 3 aromatic rings.